The molecule has 0 radical (unpaired) electrons. The van der Waals surface area contributed by atoms with Crippen molar-refractivity contribution in [3.63, 3.8) is 0 Å². The second kappa shape index (κ2) is 5.80. The zero-order valence-corrected chi connectivity index (χ0v) is 11.7. The predicted molar refractivity (Wildman–Crippen MR) is 74.3 cm³/mol. The topological polar surface area (TPSA) is 63.4 Å². The van der Waals surface area contributed by atoms with Crippen LogP contribution in [0, 0.1) is 5.92 Å². The summed E-state index contributed by atoms with van der Waals surface area (Å²) in [6.45, 7) is 1.07. The summed E-state index contributed by atoms with van der Waals surface area (Å²) in [5.74, 6) is -0.513. The van der Waals surface area contributed by atoms with Crippen molar-refractivity contribution < 1.29 is 9.59 Å². The molecular weight excluding hydrogens is 287 g/mol. The van der Waals surface area contributed by atoms with Crippen molar-refractivity contribution in [2.75, 3.05) is 13.1 Å². The number of likely N-dealkylation sites (tertiary alicyclic amines) is 1. The number of hydrogen-bond donors (Lipinski definition) is 1. The molecular formula is C13H14Cl2N2O2. The van der Waals surface area contributed by atoms with E-state index in [4.69, 9.17) is 28.9 Å². The van der Waals surface area contributed by atoms with Crippen molar-refractivity contribution >= 4 is 35.0 Å². The van der Waals surface area contributed by atoms with E-state index in [0.29, 0.717) is 41.5 Å². The largest absolute Gasteiger partial charge is 0.369 e. The first-order valence-electron chi connectivity index (χ1n) is 6.02. The summed E-state index contributed by atoms with van der Waals surface area (Å²) < 4.78 is 0. The lowest BCUT2D eigenvalue weighted by molar-refractivity contribution is -0.123. The highest BCUT2D eigenvalue weighted by Gasteiger charge is 2.26. The third-order valence-electron chi connectivity index (χ3n) is 3.35. The number of rotatable bonds is 2. The first kappa shape index (κ1) is 14.2. The van der Waals surface area contributed by atoms with Crippen LogP contribution in [0.5, 0.6) is 0 Å². The maximum Gasteiger partial charge on any atom is 0.253 e. The number of carbonyl (C=O) groups is 2. The molecule has 0 unspecified atom stereocenters. The van der Waals surface area contributed by atoms with Crippen molar-refractivity contribution in [2.45, 2.75) is 12.8 Å². The summed E-state index contributed by atoms with van der Waals surface area (Å²) in [4.78, 5) is 25.0. The quantitative estimate of drug-likeness (QED) is 0.911. The van der Waals surface area contributed by atoms with Crippen LogP contribution < -0.4 is 5.73 Å². The molecule has 1 heterocycles. The van der Waals surface area contributed by atoms with Gasteiger partial charge in [0.05, 0.1) is 10.0 Å². The predicted octanol–water partition coefficient (Wildman–Crippen LogP) is 2.33. The Kier molecular flexibility index (Phi) is 4.32. The van der Waals surface area contributed by atoms with E-state index in [2.05, 4.69) is 0 Å². The van der Waals surface area contributed by atoms with E-state index in [1.165, 1.54) is 0 Å². The number of carbonyl (C=O) groups excluding carboxylic acids is 2. The Morgan fingerprint density at radius 3 is 2.32 bits per heavy atom. The molecule has 2 N–H and O–H groups in total. The summed E-state index contributed by atoms with van der Waals surface area (Å²) in [7, 11) is 0. The van der Waals surface area contributed by atoms with Gasteiger partial charge in [-0.1, -0.05) is 23.2 Å². The SMILES string of the molecule is NC(=O)C1CCN(C(=O)c2ccc(Cl)c(Cl)c2)CC1. The number of nitrogens with two attached hydrogens (primary N) is 1. The molecule has 1 aromatic rings. The van der Waals surface area contributed by atoms with Crippen LogP contribution in [-0.4, -0.2) is 29.8 Å². The fourth-order valence-electron chi connectivity index (χ4n) is 2.18. The summed E-state index contributed by atoms with van der Waals surface area (Å²) in [5.41, 5.74) is 5.77. The molecule has 1 aromatic carbocycles. The Morgan fingerprint density at radius 2 is 1.79 bits per heavy atom. The molecule has 0 spiro atoms. The number of hydrogen-bond acceptors (Lipinski definition) is 2. The molecule has 102 valence electrons. The Balaban J connectivity index is 2.05. The van der Waals surface area contributed by atoms with Gasteiger partial charge >= 0.3 is 0 Å². The zero-order valence-electron chi connectivity index (χ0n) is 10.2. The van der Waals surface area contributed by atoms with Crippen molar-refractivity contribution in [1.29, 1.82) is 0 Å². The third kappa shape index (κ3) is 3.19. The molecule has 0 bridgehead atoms. The monoisotopic (exact) mass is 300 g/mol. The van der Waals surface area contributed by atoms with Gasteiger partial charge in [-0.15, -0.1) is 0 Å². The molecule has 1 saturated heterocycles. The van der Waals surface area contributed by atoms with Crippen molar-refractivity contribution in [3.05, 3.63) is 33.8 Å². The van der Waals surface area contributed by atoms with Crippen molar-refractivity contribution in [2.24, 2.45) is 11.7 Å². The van der Waals surface area contributed by atoms with Gasteiger partial charge in [-0.05, 0) is 31.0 Å². The fourth-order valence-corrected chi connectivity index (χ4v) is 2.48. The highest BCUT2D eigenvalue weighted by atomic mass is 35.5. The highest BCUT2D eigenvalue weighted by Crippen LogP contribution is 2.24. The van der Waals surface area contributed by atoms with E-state index >= 15 is 0 Å². The molecule has 1 aliphatic rings. The van der Waals surface area contributed by atoms with Crippen LogP contribution in [0.3, 0.4) is 0 Å². The Bertz CT molecular complexity index is 511. The Hall–Kier alpha value is -1.26. The second-order valence-corrected chi connectivity index (χ2v) is 5.41. The van der Waals surface area contributed by atoms with Crippen molar-refractivity contribution in [3.8, 4) is 0 Å². The molecule has 4 nitrogen and oxygen atoms in total. The molecule has 2 rings (SSSR count). The summed E-state index contributed by atoms with van der Waals surface area (Å²) >= 11 is 11.7. The maximum absolute atomic E-state index is 12.2. The third-order valence-corrected chi connectivity index (χ3v) is 4.09. The van der Waals surface area contributed by atoms with Gasteiger partial charge in [0.2, 0.25) is 5.91 Å². The molecule has 19 heavy (non-hydrogen) atoms. The smallest absolute Gasteiger partial charge is 0.253 e. The van der Waals surface area contributed by atoms with Crippen LogP contribution in [0.1, 0.15) is 23.2 Å². The first-order chi connectivity index (χ1) is 8.99. The molecule has 0 saturated carbocycles. The van der Waals surface area contributed by atoms with E-state index < -0.39 is 0 Å². The van der Waals surface area contributed by atoms with Gasteiger partial charge in [-0.2, -0.15) is 0 Å². The molecule has 1 aliphatic heterocycles. The van der Waals surface area contributed by atoms with Crippen LogP contribution in [0.2, 0.25) is 10.0 Å². The molecule has 0 atom stereocenters. The van der Waals surface area contributed by atoms with Gasteiger partial charge in [0.25, 0.3) is 5.91 Å². The normalized spacial score (nSPS) is 16.4. The van der Waals surface area contributed by atoms with Gasteiger partial charge in [0, 0.05) is 24.6 Å². The lowest BCUT2D eigenvalue weighted by atomic mass is 9.96. The molecule has 6 heteroatoms. The molecule has 0 aliphatic carbocycles. The highest BCUT2D eigenvalue weighted by molar-refractivity contribution is 6.42. The molecule has 2 amide bonds. The zero-order chi connectivity index (χ0) is 14.0. The minimum absolute atomic E-state index is 0.0958. The fraction of sp³-hybridized carbons (Fsp3) is 0.385. The molecule has 0 aromatic heterocycles. The van der Waals surface area contributed by atoms with E-state index in [9.17, 15) is 9.59 Å². The second-order valence-electron chi connectivity index (χ2n) is 4.60. The van der Waals surface area contributed by atoms with E-state index in [-0.39, 0.29) is 17.7 Å². The first-order valence-corrected chi connectivity index (χ1v) is 6.78. The summed E-state index contributed by atoms with van der Waals surface area (Å²) in [6, 6.07) is 4.82. The van der Waals surface area contributed by atoms with Crippen LogP contribution in [0.15, 0.2) is 18.2 Å². The Morgan fingerprint density at radius 1 is 1.16 bits per heavy atom. The van der Waals surface area contributed by atoms with Gasteiger partial charge in [-0.25, -0.2) is 0 Å². The van der Waals surface area contributed by atoms with E-state index in [1.54, 1.807) is 23.1 Å². The maximum atomic E-state index is 12.2. The number of primary amides is 1. The van der Waals surface area contributed by atoms with E-state index in [1.807, 2.05) is 0 Å². The minimum Gasteiger partial charge on any atom is -0.369 e. The van der Waals surface area contributed by atoms with Gasteiger partial charge < -0.3 is 10.6 Å². The van der Waals surface area contributed by atoms with E-state index in [0.717, 1.165) is 0 Å². The summed E-state index contributed by atoms with van der Waals surface area (Å²) in [5, 5.41) is 0.783. The number of benzene rings is 1. The van der Waals surface area contributed by atoms with Gasteiger partial charge in [0.1, 0.15) is 0 Å². The molecule has 1 fully saturated rings. The lowest BCUT2D eigenvalue weighted by Gasteiger charge is -2.30. The van der Waals surface area contributed by atoms with Crippen molar-refractivity contribution in [1.82, 2.24) is 4.90 Å². The Labute approximate surface area is 121 Å². The van der Waals surface area contributed by atoms with Crippen LogP contribution in [0.4, 0.5) is 0 Å². The average Bonchev–Trinajstić information content (AvgIpc) is 2.41. The summed E-state index contributed by atoms with van der Waals surface area (Å²) in [6.07, 6.45) is 1.23. The number of amides is 2. The minimum atomic E-state index is -0.290. The van der Waals surface area contributed by atoms with Gasteiger partial charge in [0.15, 0.2) is 0 Å². The van der Waals surface area contributed by atoms with Crippen LogP contribution >= 0.6 is 23.2 Å². The number of piperidine rings is 1. The standard InChI is InChI=1S/C13H14Cl2N2O2/c14-10-2-1-9(7-11(10)15)13(19)17-5-3-8(4-6-17)12(16)18/h1-2,7-8H,3-6H2,(H2,16,18). The van der Waals surface area contributed by atoms with Crippen LogP contribution in [-0.2, 0) is 4.79 Å². The van der Waals surface area contributed by atoms with Gasteiger partial charge in [-0.3, -0.25) is 9.59 Å². The number of nitrogens with zero attached hydrogens (tertiary/aromatic N) is 1. The lowest BCUT2D eigenvalue weighted by Crippen LogP contribution is -2.41. The van der Waals surface area contributed by atoms with Crippen LogP contribution in [0.25, 0.3) is 0 Å². The number of halogens is 2. The average molecular weight is 301 g/mol.